The van der Waals surface area contributed by atoms with E-state index in [1.54, 1.807) is 24.3 Å². The molecule has 0 unspecified atom stereocenters. The molecule has 0 bridgehead atoms. The Hall–Kier alpha value is -3.61. The van der Waals surface area contributed by atoms with Gasteiger partial charge < -0.3 is 20.8 Å². The van der Waals surface area contributed by atoms with Crippen molar-refractivity contribution in [3.05, 3.63) is 64.7 Å². The number of phenolic OH excluding ortho intramolecular Hbond substituents is 1. The minimum Gasteiger partial charge on any atom is -0.507 e. The maximum atomic E-state index is 11.5. The van der Waals surface area contributed by atoms with Gasteiger partial charge in [-0.15, -0.1) is 10.2 Å². The van der Waals surface area contributed by atoms with Crippen LogP contribution in [0.4, 0.5) is 11.5 Å². The van der Waals surface area contributed by atoms with Gasteiger partial charge in [-0.1, -0.05) is 18.2 Å². The van der Waals surface area contributed by atoms with Crippen LogP contribution < -0.4 is 10.6 Å². The second kappa shape index (κ2) is 8.26. The zero-order valence-corrected chi connectivity index (χ0v) is 17.7. The van der Waals surface area contributed by atoms with Gasteiger partial charge in [-0.3, -0.25) is 0 Å². The average molecular weight is 418 g/mol. The molecule has 0 saturated carbocycles. The Bertz CT molecular complexity index is 1150. The molecule has 7 heteroatoms. The summed E-state index contributed by atoms with van der Waals surface area (Å²) < 4.78 is 0. The van der Waals surface area contributed by atoms with Gasteiger partial charge >= 0.3 is 5.97 Å². The van der Waals surface area contributed by atoms with E-state index in [-0.39, 0.29) is 11.7 Å². The number of aromatic carboxylic acids is 1. The SMILES string of the molecule is Cc1cc([C@H]2CCCN(c3cc(-c4ccccc4O)nnc3N)C2)c(C)cc1C(=O)O. The van der Waals surface area contributed by atoms with E-state index >= 15 is 0 Å². The van der Waals surface area contributed by atoms with Crippen LogP contribution in [0.5, 0.6) is 5.75 Å². The quantitative estimate of drug-likeness (QED) is 0.584. The Morgan fingerprint density at radius 3 is 2.65 bits per heavy atom. The summed E-state index contributed by atoms with van der Waals surface area (Å²) in [6.45, 7) is 5.41. The first kappa shape index (κ1) is 20.7. The van der Waals surface area contributed by atoms with Crippen molar-refractivity contribution in [3.8, 4) is 17.0 Å². The van der Waals surface area contributed by atoms with Gasteiger partial charge in [0, 0.05) is 24.6 Å². The van der Waals surface area contributed by atoms with Gasteiger partial charge in [0.1, 0.15) is 5.75 Å². The average Bonchev–Trinajstić information content (AvgIpc) is 2.76. The number of carboxylic acids is 1. The fraction of sp³-hybridized carbons (Fsp3) is 0.292. The minimum atomic E-state index is -0.898. The number of hydrogen-bond acceptors (Lipinski definition) is 6. The van der Waals surface area contributed by atoms with Crippen molar-refractivity contribution in [2.75, 3.05) is 23.7 Å². The summed E-state index contributed by atoms with van der Waals surface area (Å²) in [6.07, 6.45) is 2.01. The number of carbonyl (C=O) groups is 1. The summed E-state index contributed by atoms with van der Waals surface area (Å²) in [6, 6.07) is 12.7. The number of anilines is 2. The van der Waals surface area contributed by atoms with Crippen LogP contribution in [-0.4, -0.2) is 39.5 Å². The molecule has 1 atom stereocenters. The highest BCUT2D eigenvalue weighted by Crippen LogP contribution is 2.36. The third kappa shape index (κ3) is 4.03. The smallest absolute Gasteiger partial charge is 0.335 e. The van der Waals surface area contributed by atoms with Gasteiger partial charge in [0.25, 0.3) is 0 Å². The standard InChI is InChI=1S/C24H26N4O3/c1-14-11-19(24(30)31)15(2)10-18(14)16-6-5-9-28(13-16)21-12-20(26-27-23(21)25)17-7-3-4-8-22(17)29/h3-4,7-8,10-12,16,29H,5-6,9,13H2,1-2H3,(H2,25,27)(H,30,31)/t16-/m0/s1. The van der Waals surface area contributed by atoms with Crippen molar-refractivity contribution in [2.24, 2.45) is 0 Å². The third-order valence-corrected chi connectivity index (χ3v) is 6.03. The van der Waals surface area contributed by atoms with Crippen molar-refractivity contribution in [1.82, 2.24) is 10.2 Å². The molecule has 1 aliphatic heterocycles. The molecule has 2 aromatic carbocycles. The summed E-state index contributed by atoms with van der Waals surface area (Å²) in [5.74, 6) is -0.135. The number of nitrogens with zero attached hydrogens (tertiary/aromatic N) is 3. The van der Waals surface area contributed by atoms with E-state index < -0.39 is 5.97 Å². The summed E-state index contributed by atoms with van der Waals surface area (Å²) in [5, 5.41) is 27.9. The molecule has 3 aromatic rings. The maximum absolute atomic E-state index is 11.5. The molecule has 4 rings (SSSR count). The van der Waals surface area contributed by atoms with Crippen molar-refractivity contribution in [1.29, 1.82) is 0 Å². The molecule has 31 heavy (non-hydrogen) atoms. The van der Waals surface area contributed by atoms with E-state index in [2.05, 4.69) is 15.1 Å². The molecule has 1 aliphatic rings. The summed E-state index contributed by atoms with van der Waals surface area (Å²) in [4.78, 5) is 13.7. The Morgan fingerprint density at radius 1 is 1.13 bits per heavy atom. The van der Waals surface area contributed by atoms with Crippen LogP contribution in [-0.2, 0) is 0 Å². The molecular formula is C24H26N4O3. The largest absolute Gasteiger partial charge is 0.507 e. The van der Waals surface area contributed by atoms with Crippen LogP contribution in [0.25, 0.3) is 11.3 Å². The number of phenols is 1. The van der Waals surface area contributed by atoms with Crippen LogP contribution in [0.15, 0.2) is 42.5 Å². The monoisotopic (exact) mass is 418 g/mol. The van der Waals surface area contributed by atoms with Crippen LogP contribution in [0.1, 0.15) is 45.8 Å². The number of carboxylic acid groups (broad SMARTS) is 1. The molecule has 1 fully saturated rings. The van der Waals surface area contributed by atoms with E-state index in [4.69, 9.17) is 5.73 Å². The molecule has 0 amide bonds. The highest BCUT2D eigenvalue weighted by molar-refractivity contribution is 5.89. The summed E-state index contributed by atoms with van der Waals surface area (Å²) in [5.41, 5.74) is 11.5. The Balaban J connectivity index is 1.65. The van der Waals surface area contributed by atoms with Crippen LogP contribution >= 0.6 is 0 Å². The lowest BCUT2D eigenvalue weighted by Gasteiger charge is -2.35. The number of benzene rings is 2. The van der Waals surface area contributed by atoms with Gasteiger partial charge in [-0.05, 0) is 67.6 Å². The first-order chi connectivity index (χ1) is 14.8. The van der Waals surface area contributed by atoms with Crippen LogP contribution in [0.3, 0.4) is 0 Å². The number of nitrogen functional groups attached to an aromatic ring is 1. The number of para-hydroxylation sites is 1. The predicted octanol–water partition coefficient (Wildman–Crippen LogP) is 4.13. The van der Waals surface area contributed by atoms with Gasteiger partial charge in [-0.25, -0.2) is 4.79 Å². The van der Waals surface area contributed by atoms with Gasteiger partial charge in [0.15, 0.2) is 5.82 Å². The van der Waals surface area contributed by atoms with E-state index in [1.165, 1.54) is 5.56 Å². The lowest BCUT2D eigenvalue weighted by Crippen LogP contribution is -2.35. The number of nitrogens with two attached hydrogens (primary N) is 1. The lowest BCUT2D eigenvalue weighted by atomic mass is 9.85. The Morgan fingerprint density at radius 2 is 1.90 bits per heavy atom. The van der Waals surface area contributed by atoms with Crippen molar-refractivity contribution >= 4 is 17.5 Å². The fourth-order valence-electron chi connectivity index (χ4n) is 4.42. The summed E-state index contributed by atoms with van der Waals surface area (Å²) >= 11 is 0. The highest BCUT2D eigenvalue weighted by Gasteiger charge is 2.26. The first-order valence-corrected chi connectivity index (χ1v) is 10.4. The van der Waals surface area contributed by atoms with Gasteiger partial charge in [0.2, 0.25) is 0 Å². The zero-order valence-electron chi connectivity index (χ0n) is 17.7. The third-order valence-electron chi connectivity index (χ3n) is 6.03. The van der Waals surface area contributed by atoms with E-state index in [0.717, 1.165) is 42.7 Å². The normalized spacial score (nSPS) is 16.3. The molecule has 160 valence electrons. The molecule has 0 spiro atoms. The number of aryl methyl sites for hydroxylation is 2. The van der Waals surface area contributed by atoms with Crippen LogP contribution in [0.2, 0.25) is 0 Å². The van der Waals surface area contributed by atoms with Crippen molar-refractivity contribution in [3.63, 3.8) is 0 Å². The molecule has 0 aliphatic carbocycles. The number of piperidine rings is 1. The Kier molecular flexibility index (Phi) is 5.50. The second-order valence-electron chi connectivity index (χ2n) is 8.13. The molecule has 2 heterocycles. The molecule has 1 aromatic heterocycles. The lowest BCUT2D eigenvalue weighted by molar-refractivity contribution is 0.0696. The Labute approximate surface area is 181 Å². The molecule has 0 radical (unpaired) electrons. The predicted molar refractivity (Wildman–Crippen MR) is 121 cm³/mol. The van der Waals surface area contributed by atoms with Crippen molar-refractivity contribution in [2.45, 2.75) is 32.6 Å². The van der Waals surface area contributed by atoms with Crippen LogP contribution in [0, 0.1) is 13.8 Å². The van der Waals surface area contributed by atoms with Gasteiger partial charge in [-0.2, -0.15) is 0 Å². The number of aromatic hydroxyl groups is 1. The van der Waals surface area contributed by atoms with E-state index in [0.29, 0.717) is 22.6 Å². The fourth-order valence-corrected chi connectivity index (χ4v) is 4.42. The first-order valence-electron chi connectivity index (χ1n) is 10.4. The number of hydrogen-bond donors (Lipinski definition) is 3. The van der Waals surface area contributed by atoms with Crippen molar-refractivity contribution < 1.29 is 15.0 Å². The molecule has 4 N–H and O–H groups in total. The topological polar surface area (TPSA) is 113 Å². The number of rotatable bonds is 4. The summed E-state index contributed by atoms with van der Waals surface area (Å²) in [7, 11) is 0. The molecule has 7 nitrogen and oxygen atoms in total. The van der Waals surface area contributed by atoms with Gasteiger partial charge in [0.05, 0.1) is 16.9 Å². The van der Waals surface area contributed by atoms with E-state index in [9.17, 15) is 15.0 Å². The minimum absolute atomic E-state index is 0.147. The maximum Gasteiger partial charge on any atom is 0.335 e. The molecular weight excluding hydrogens is 392 g/mol. The van der Waals surface area contributed by atoms with E-state index in [1.807, 2.05) is 32.0 Å². The zero-order chi connectivity index (χ0) is 22.1. The number of aromatic nitrogens is 2. The highest BCUT2D eigenvalue weighted by atomic mass is 16.4. The second-order valence-corrected chi connectivity index (χ2v) is 8.13. The molecule has 1 saturated heterocycles.